The van der Waals surface area contributed by atoms with Gasteiger partial charge in [0.15, 0.2) is 11.7 Å². The van der Waals surface area contributed by atoms with Crippen LogP contribution in [0, 0.1) is 11.3 Å². The monoisotopic (exact) mass is 345 g/mol. The highest BCUT2D eigenvalue weighted by atomic mass is 35.5. The Hall–Kier alpha value is -2.49. The van der Waals surface area contributed by atoms with Crippen LogP contribution in [0.1, 0.15) is 25.1 Å². The summed E-state index contributed by atoms with van der Waals surface area (Å²) in [5.41, 5.74) is -0.102. The molecular weight excluding hydrogens is 330 g/mol. The van der Waals surface area contributed by atoms with Crippen LogP contribution in [0.15, 0.2) is 35.6 Å². The van der Waals surface area contributed by atoms with Gasteiger partial charge in [0.2, 0.25) is 0 Å². The van der Waals surface area contributed by atoms with Crippen LogP contribution in [-0.4, -0.2) is 28.5 Å². The molecule has 2 rings (SSSR count). The first-order valence-corrected chi connectivity index (χ1v) is 7.71. The van der Waals surface area contributed by atoms with Crippen LogP contribution < -0.4 is 5.56 Å². The van der Waals surface area contributed by atoms with Crippen LogP contribution in [0.5, 0.6) is 0 Å². The van der Waals surface area contributed by atoms with E-state index in [1.807, 2.05) is 6.07 Å². The molecule has 1 aromatic carbocycles. The fraction of sp³-hybridized carbons (Fsp3) is 0.294. The number of hydrogen-bond acceptors (Lipinski definition) is 5. The van der Waals surface area contributed by atoms with Gasteiger partial charge in [-0.3, -0.25) is 9.59 Å². The quantitative estimate of drug-likeness (QED) is 0.614. The molecule has 0 radical (unpaired) electrons. The average Bonchev–Trinajstić information content (AvgIpc) is 2.55. The maximum Gasteiger partial charge on any atom is 0.258 e. The molecule has 2 unspecified atom stereocenters. The molecule has 24 heavy (non-hydrogen) atoms. The van der Waals surface area contributed by atoms with Gasteiger partial charge < -0.3 is 9.72 Å². The first kappa shape index (κ1) is 17.9. The van der Waals surface area contributed by atoms with Gasteiger partial charge in [0.25, 0.3) is 5.56 Å². The molecule has 1 N–H and O–H groups in total. The van der Waals surface area contributed by atoms with Gasteiger partial charge in [-0.25, -0.2) is 4.98 Å². The normalized spacial score (nSPS) is 13.2. The summed E-state index contributed by atoms with van der Waals surface area (Å²) in [6.45, 7) is 5.46. The van der Waals surface area contributed by atoms with Gasteiger partial charge in [-0.1, -0.05) is 17.7 Å². The van der Waals surface area contributed by atoms with E-state index in [9.17, 15) is 14.9 Å². The van der Waals surface area contributed by atoms with Crippen molar-refractivity contribution >= 4 is 28.3 Å². The second-order valence-electron chi connectivity index (χ2n) is 5.17. The summed E-state index contributed by atoms with van der Waals surface area (Å²) in [6.07, 6.45) is 1.47. The average molecular weight is 346 g/mol. The molecule has 0 bridgehead atoms. The fourth-order valence-corrected chi connectivity index (χ4v) is 2.34. The van der Waals surface area contributed by atoms with Gasteiger partial charge in [0.1, 0.15) is 11.9 Å². The van der Waals surface area contributed by atoms with E-state index in [0.717, 1.165) is 0 Å². The molecule has 2 aromatic rings. The lowest BCUT2D eigenvalue weighted by atomic mass is 10.0. The molecule has 1 heterocycles. The maximum absolute atomic E-state index is 12.4. The van der Waals surface area contributed by atoms with E-state index in [1.54, 1.807) is 19.1 Å². The zero-order valence-corrected chi connectivity index (χ0v) is 13.8. The summed E-state index contributed by atoms with van der Waals surface area (Å²) in [7, 11) is 0. The zero-order valence-electron chi connectivity index (χ0n) is 13.1. The minimum Gasteiger partial charge on any atom is -0.370 e. The first-order chi connectivity index (χ1) is 11.5. The van der Waals surface area contributed by atoms with Crippen LogP contribution in [0.2, 0.25) is 5.02 Å². The van der Waals surface area contributed by atoms with Gasteiger partial charge in [0.05, 0.1) is 23.6 Å². The Labute approximate surface area is 143 Å². The van der Waals surface area contributed by atoms with Crippen LogP contribution >= 0.6 is 11.6 Å². The number of carbonyl (C=O) groups excluding carboxylic acids is 1. The number of Topliss-reactive ketones (excluding diaryl/α,β-unsaturated/α-hetero) is 1. The molecule has 6 nitrogen and oxygen atoms in total. The summed E-state index contributed by atoms with van der Waals surface area (Å²) in [5, 5.41) is 10.1. The summed E-state index contributed by atoms with van der Waals surface area (Å²) in [6, 6.07) is 6.50. The van der Waals surface area contributed by atoms with Gasteiger partial charge in [0, 0.05) is 5.02 Å². The number of aromatic amines is 1. The summed E-state index contributed by atoms with van der Waals surface area (Å²) >= 11 is 5.91. The molecule has 0 saturated heterocycles. The lowest BCUT2D eigenvalue weighted by Crippen LogP contribution is -2.29. The fourth-order valence-electron chi connectivity index (χ4n) is 2.17. The number of H-pyrrole nitrogens is 1. The van der Waals surface area contributed by atoms with E-state index in [0.29, 0.717) is 29.0 Å². The molecule has 1 aromatic heterocycles. The second-order valence-corrected chi connectivity index (χ2v) is 5.60. The summed E-state index contributed by atoms with van der Waals surface area (Å²) in [4.78, 5) is 31.3. The number of hydrogen-bond donors (Lipinski definition) is 1. The second kappa shape index (κ2) is 7.86. The van der Waals surface area contributed by atoms with Crippen LogP contribution in [-0.2, 0) is 9.53 Å². The summed E-state index contributed by atoms with van der Waals surface area (Å²) < 4.78 is 5.37. The van der Waals surface area contributed by atoms with Crippen LogP contribution in [0.3, 0.4) is 0 Å². The number of aromatic nitrogens is 2. The molecule has 0 spiro atoms. The van der Waals surface area contributed by atoms with E-state index >= 15 is 0 Å². The number of nitrogens with one attached hydrogen (secondary N) is 1. The Morgan fingerprint density at radius 1 is 1.58 bits per heavy atom. The van der Waals surface area contributed by atoms with E-state index in [-0.39, 0.29) is 5.82 Å². The highest BCUT2D eigenvalue weighted by Gasteiger charge is 2.28. The van der Waals surface area contributed by atoms with Crippen LogP contribution in [0.25, 0.3) is 10.9 Å². The lowest BCUT2D eigenvalue weighted by molar-refractivity contribution is -0.129. The third kappa shape index (κ3) is 3.88. The topological polar surface area (TPSA) is 95.8 Å². The minimum atomic E-state index is -1.22. The Morgan fingerprint density at radius 3 is 3.00 bits per heavy atom. The zero-order chi connectivity index (χ0) is 17.7. The SMILES string of the molecule is C=CCCOC(C)C(=O)C(C#N)c1nc2cc(Cl)ccc2c(=O)[nH]1. The molecule has 0 aliphatic carbocycles. The largest absolute Gasteiger partial charge is 0.370 e. The highest BCUT2D eigenvalue weighted by Crippen LogP contribution is 2.19. The van der Waals surface area contributed by atoms with Crippen molar-refractivity contribution < 1.29 is 9.53 Å². The molecule has 0 amide bonds. The molecule has 0 fully saturated rings. The number of ether oxygens (including phenoxy) is 1. The van der Waals surface area contributed by atoms with Crippen LogP contribution in [0.4, 0.5) is 0 Å². The van der Waals surface area contributed by atoms with Crippen molar-refractivity contribution in [3.63, 3.8) is 0 Å². The predicted octanol–water partition coefficient (Wildman–Crippen LogP) is 2.73. The molecular formula is C17H16ClN3O3. The van der Waals surface area contributed by atoms with Gasteiger partial charge in [-0.15, -0.1) is 6.58 Å². The molecule has 124 valence electrons. The molecule has 0 aliphatic rings. The van der Waals surface area contributed by atoms with E-state index in [2.05, 4.69) is 16.5 Å². The van der Waals surface area contributed by atoms with Gasteiger partial charge in [-0.2, -0.15) is 5.26 Å². The Balaban J connectivity index is 2.35. The van der Waals surface area contributed by atoms with Gasteiger partial charge in [-0.05, 0) is 31.5 Å². The number of rotatable bonds is 7. The van der Waals surface area contributed by atoms with Crippen molar-refractivity contribution in [3.8, 4) is 6.07 Å². The molecule has 2 atom stereocenters. The lowest BCUT2D eigenvalue weighted by Gasteiger charge is -2.15. The predicted molar refractivity (Wildman–Crippen MR) is 91.0 cm³/mol. The molecule has 0 aliphatic heterocycles. The Bertz CT molecular complexity index is 869. The smallest absolute Gasteiger partial charge is 0.258 e. The Kier molecular flexibility index (Phi) is 5.85. The minimum absolute atomic E-state index is 0.0126. The number of carbonyl (C=O) groups is 1. The van der Waals surface area contributed by atoms with Crippen molar-refractivity contribution in [2.24, 2.45) is 0 Å². The van der Waals surface area contributed by atoms with Crippen molar-refractivity contribution in [1.82, 2.24) is 9.97 Å². The standard InChI is InChI=1S/C17H16ClN3O3/c1-3-4-7-24-10(2)15(22)13(9-19)16-20-14-8-11(18)5-6-12(14)17(23)21-16/h3,5-6,8,10,13H,1,4,7H2,2H3,(H,20,21,23). The Morgan fingerprint density at radius 2 is 2.33 bits per heavy atom. The number of nitrogens with zero attached hydrogens (tertiary/aromatic N) is 2. The third-order valence-electron chi connectivity index (χ3n) is 3.46. The summed E-state index contributed by atoms with van der Waals surface area (Å²) in [5.74, 6) is -1.70. The molecule has 7 heteroatoms. The van der Waals surface area contributed by atoms with E-state index < -0.39 is 23.4 Å². The van der Waals surface area contributed by atoms with E-state index in [4.69, 9.17) is 16.3 Å². The highest BCUT2D eigenvalue weighted by molar-refractivity contribution is 6.31. The molecule has 0 saturated carbocycles. The van der Waals surface area contributed by atoms with Crippen molar-refractivity contribution in [2.45, 2.75) is 25.4 Å². The van der Waals surface area contributed by atoms with E-state index in [1.165, 1.54) is 12.1 Å². The number of fused-ring (bicyclic) bond motifs is 1. The van der Waals surface area contributed by atoms with Crippen molar-refractivity contribution in [1.29, 1.82) is 5.26 Å². The van der Waals surface area contributed by atoms with Gasteiger partial charge >= 0.3 is 0 Å². The maximum atomic E-state index is 12.4. The number of halogens is 1. The first-order valence-electron chi connectivity index (χ1n) is 7.33. The van der Waals surface area contributed by atoms with Crippen molar-refractivity contribution in [3.05, 3.63) is 52.1 Å². The third-order valence-corrected chi connectivity index (χ3v) is 3.70. The van der Waals surface area contributed by atoms with Crippen molar-refractivity contribution in [2.75, 3.05) is 6.61 Å². The number of nitriles is 1. The number of ketones is 1. The number of benzene rings is 1.